The summed E-state index contributed by atoms with van der Waals surface area (Å²) in [6, 6.07) is 29.4. The van der Waals surface area contributed by atoms with Gasteiger partial charge in [0, 0.05) is 90.3 Å². The standard InChI is InChI=1S/C30H16NOS2.C13H24O2.Ir/c1-16-9-10-17-19-6-4-7-21(29(19)32-24(17)13-16)28-30-20(11-12-31-28)23-15-26-22(14-27(23)34-30)18-5-2-3-8-25(18)33-26;1-5-10(6-2)12(14)9-13(15)11(7-3)8-4;/h2-6,8-15H,1H3;9-11,14H,5-8H2,1-4H3;/q-1;;/b;12-9-;. The molecule has 0 spiro atoms. The van der Waals surface area contributed by atoms with Crippen LogP contribution in [0.4, 0.5) is 0 Å². The van der Waals surface area contributed by atoms with Crippen LogP contribution in [0, 0.1) is 24.8 Å². The number of carbonyl (C=O) groups excluding carboxylic acids is 1. The summed E-state index contributed by atoms with van der Waals surface area (Å²) in [7, 11) is 0. The van der Waals surface area contributed by atoms with Gasteiger partial charge in [-0.2, -0.15) is 0 Å². The summed E-state index contributed by atoms with van der Waals surface area (Å²) < 4.78 is 11.5. The number of nitrogens with zero attached hydrogens (tertiary/aromatic N) is 1. The molecule has 4 nitrogen and oxygen atoms in total. The van der Waals surface area contributed by atoms with Gasteiger partial charge in [0.25, 0.3) is 0 Å². The molecule has 0 atom stereocenters. The zero-order valence-corrected chi connectivity index (χ0v) is 33.0. The van der Waals surface area contributed by atoms with Gasteiger partial charge in [-0.25, -0.2) is 0 Å². The molecule has 7 heteroatoms. The molecular weight excluding hydrogens is 835 g/mol. The van der Waals surface area contributed by atoms with Gasteiger partial charge < -0.3 is 14.5 Å². The quantitative estimate of drug-likeness (QED) is 0.0938. The van der Waals surface area contributed by atoms with E-state index in [4.69, 9.17) is 9.40 Å². The Morgan fingerprint density at radius 3 is 2.24 bits per heavy atom. The molecule has 4 heterocycles. The summed E-state index contributed by atoms with van der Waals surface area (Å²) >= 11 is 3.67. The molecule has 0 saturated heterocycles. The van der Waals surface area contributed by atoms with Gasteiger partial charge in [-0.1, -0.05) is 69.0 Å². The number of hydrogen-bond acceptors (Lipinski definition) is 6. The zero-order chi connectivity index (χ0) is 34.2. The molecule has 0 amide bonds. The van der Waals surface area contributed by atoms with Gasteiger partial charge in [0.2, 0.25) is 0 Å². The topological polar surface area (TPSA) is 63.3 Å². The summed E-state index contributed by atoms with van der Waals surface area (Å²) in [6.45, 7) is 10.2. The number of aliphatic hydroxyl groups is 1. The van der Waals surface area contributed by atoms with Crippen LogP contribution in [0.2, 0.25) is 0 Å². The van der Waals surface area contributed by atoms with Crippen LogP contribution in [0.5, 0.6) is 0 Å². The number of fused-ring (bicyclic) bond motifs is 9. The summed E-state index contributed by atoms with van der Waals surface area (Å²) in [5.74, 6) is 0.547. The molecule has 0 fully saturated rings. The number of allylic oxidation sites excluding steroid dienone is 2. The fourth-order valence-corrected chi connectivity index (χ4v) is 9.24. The van der Waals surface area contributed by atoms with E-state index < -0.39 is 0 Å². The third kappa shape index (κ3) is 6.53. The van der Waals surface area contributed by atoms with E-state index >= 15 is 0 Å². The first-order valence-corrected chi connectivity index (χ1v) is 18.9. The van der Waals surface area contributed by atoms with Crippen molar-refractivity contribution in [3.63, 3.8) is 0 Å². The second kappa shape index (κ2) is 15.2. The van der Waals surface area contributed by atoms with Crippen molar-refractivity contribution in [3.8, 4) is 11.3 Å². The minimum absolute atomic E-state index is 0. The van der Waals surface area contributed by atoms with Crippen LogP contribution >= 0.6 is 22.7 Å². The molecule has 8 rings (SSSR count). The van der Waals surface area contributed by atoms with Crippen LogP contribution in [0.1, 0.15) is 58.9 Å². The maximum Gasteiger partial charge on any atom is 0.162 e. The van der Waals surface area contributed by atoms with Crippen molar-refractivity contribution in [1.82, 2.24) is 4.98 Å². The van der Waals surface area contributed by atoms with Gasteiger partial charge in [-0.15, -0.1) is 40.9 Å². The van der Waals surface area contributed by atoms with Crippen LogP contribution < -0.4 is 0 Å². The van der Waals surface area contributed by atoms with Gasteiger partial charge >= 0.3 is 0 Å². The van der Waals surface area contributed by atoms with Gasteiger partial charge in [0.1, 0.15) is 5.58 Å². The number of benzene rings is 4. The van der Waals surface area contributed by atoms with Crippen molar-refractivity contribution in [2.75, 3.05) is 0 Å². The van der Waals surface area contributed by atoms with Crippen molar-refractivity contribution in [2.24, 2.45) is 11.8 Å². The third-order valence-corrected chi connectivity index (χ3v) is 12.1. The number of thiophene rings is 2. The minimum Gasteiger partial charge on any atom is -0.512 e. The van der Waals surface area contributed by atoms with E-state index in [0.717, 1.165) is 58.9 Å². The number of aromatic nitrogens is 1. The first-order chi connectivity index (χ1) is 23.8. The molecule has 0 unspecified atom stereocenters. The molecular formula is C43H40IrNO3S2-. The van der Waals surface area contributed by atoms with Crippen molar-refractivity contribution in [1.29, 1.82) is 0 Å². The Morgan fingerprint density at radius 2 is 1.50 bits per heavy atom. The van der Waals surface area contributed by atoms with Crippen LogP contribution in [0.25, 0.3) is 73.5 Å². The number of aliphatic hydroxyl groups excluding tert-OH is 1. The monoisotopic (exact) mass is 875 g/mol. The first kappa shape index (κ1) is 35.9. The Bertz CT molecular complexity index is 2510. The third-order valence-electron chi connectivity index (χ3n) is 9.79. The summed E-state index contributed by atoms with van der Waals surface area (Å²) in [5.41, 5.74) is 4.82. The van der Waals surface area contributed by atoms with Crippen LogP contribution in [0.15, 0.2) is 95.2 Å². The fourth-order valence-electron chi connectivity index (χ4n) is 6.90. The van der Waals surface area contributed by atoms with Crippen LogP contribution in [-0.4, -0.2) is 15.9 Å². The SMILES string of the molecule is CCC(CC)C(=O)/C=C(\O)C(CC)CC.Cc1ccc2c(c1)oc1c(-c3nccc4c3sc3cc5c(cc34)sc3ccccc35)[c-]ccc12.[Ir]. The van der Waals surface area contributed by atoms with Crippen molar-refractivity contribution >= 4 is 90.7 Å². The van der Waals surface area contributed by atoms with Gasteiger partial charge in [0.15, 0.2) is 5.78 Å². The molecule has 0 saturated carbocycles. The molecule has 0 bridgehead atoms. The second-order valence-electron chi connectivity index (χ2n) is 12.8. The summed E-state index contributed by atoms with van der Waals surface area (Å²) in [6.07, 6.45) is 6.82. The fraction of sp³-hybridized carbons (Fsp3) is 0.256. The molecule has 257 valence electrons. The van der Waals surface area contributed by atoms with E-state index in [0.29, 0.717) is 0 Å². The second-order valence-corrected chi connectivity index (χ2v) is 14.9. The number of ketones is 1. The number of pyridine rings is 1. The van der Waals surface area contributed by atoms with E-state index in [9.17, 15) is 9.90 Å². The Labute approximate surface area is 314 Å². The number of carbonyl (C=O) groups is 1. The molecule has 4 aromatic carbocycles. The molecule has 1 N–H and O–H groups in total. The number of aryl methyl sites for hydroxylation is 1. The largest absolute Gasteiger partial charge is 0.512 e. The van der Waals surface area contributed by atoms with Gasteiger partial charge in [-0.3, -0.25) is 4.79 Å². The minimum atomic E-state index is 0. The number of hydrogen-bond donors (Lipinski definition) is 1. The maximum absolute atomic E-state index is 11.7. The van der Waals surface area contributed by atoms with Crippen molar-refractivity contribution in [2.45, 2.75) is 60.3 Å². The predicted molar refractivity (Wildman–Crippen MR) is 210 cm³/mol. The number of furan rings is 1. The van der Waals surface area contributed by atoms with E-state index in [-0.39, 0.29) is 43.5 Å². The van der Waals surface area contributed by atoms with Crippen LogP contribution in [0.3, 0.4) is 0 Å². The molecule has 50 heavy (non-hydrogen) atoms. The molecule has 0 aliphatic heterocycles. The van der Waals surface area contributed by atoms with E-state index in [1.165, 1.54) is 52.0 Å². The van der Waals surface area contributed by atoms with E-state index in [1.807, 2.05) is 62.6 Å². The molecule has 8 aromatic rings. The molecule has 0 aliphatic carbocycles. The number of rotatable bonds is 8. The Balaban J connectivity index is 0.000000233. The average Bonchev–Trinajstić information content (AvgIpc) is 3.79. The van der Waals surface area contributed by atoms with E-state index in [2.05, 4.69) is 79.7 Å². The van der Waals surface area contributed by atoms with Gasteiger partial charge in [-0.05, 0) is 73.9 Å². The maximum atomic E-state index is 11.7. The molecule has 1 radical (unpaired) electrons. The molecule has 0 aliphatic rings. The molecule has 4 aromatic heterocycles. The van der Waals surface area contributed by atoms with Gasteiger partial charge in [0.05, 0.1) is 11.3 Å². The summed E-state index contributed by atoms with van der Waals surface area (Å²) in [4.78, 5) is 16.6. The normalized spacial score (nSPS) is 12.1. The van der Waals surface area contributed by atoms with E-state index in [1.54, 1.807) is 0 Å². The average molecular weight is 875 g/mol. The Kier molecular flexibility index (Phi) is 10.9. The zero-order valence-electron chi connectivity index (χ0n) is 28.9. The van der Waals surface area contributed by atoms with Crippen molar-refractivity contribution < 1.29 is 34.4 Å². The Morgan fingerprint density at radius 1 is 0.800 bits per heavy atom. The predicted octanol–water partition coefficient (Wildman–Crippen LogP) is 13.4. The van der Waals surface area contributed by atoms with Crippen molar-refractivity contribution in [3.05, 3.63) is 102 Å². The first-order valence-electron chi connectivity index (χ1n) is 17.3. The Hall–Kier alpha value is -3.87. The summed E-state index contributed by atoms with van der Waals surface area (Å²) in [5, 5.41) is 17.2. The smallest absolute Gasteiger partial charge is 0.162 e. The van der Waals surface area contributed by atoms with Crippen LogP contribution in [-0.2, 0) is 24.9 Å².